The largest absolute Gasteiger partial charge is 0.321 e. The van der Waals surface area contributed by atoms with Crippen molar-refractivity contribution >= 4 is 67.4 Å². The number of carbonyl (C=O) groups excluding carboxylic acids is 1. The molecular formula is C13H7BrClIN2O3. The molecule has 0 aliphatic rings. The molecule has 0 fully saturated rings. The fourth-order valence-corrected chi connectivity index (χ4v) is 2.98. The Morgan fingerprint density at radius 2 is 2.00 bits per heavy atom. The monoisotopic (exact) mass is 480 g/mol. The third-order valence-corrected chi connectivity index (χ3v) is 3.98. The lowest BCUT2D eigenvalue weighted by Crippen LogP contribution is -2.12. The fraction of sp³-hybridized carbons (Fsp3) is 0. The van der Waals surface area contributed by atoms with Gasteiger partial charge in [-0.15, -0.1) is 0 Å². The highest BCUT2D eigenvalue weighted by molar-refractivity contribution is 14.1. The van der Waals surface area contributed by atoms with Crippen molar-refractivity contribution in [1.82, 2.24) is 0 Å². The minimum absolute atomic E-state index is 0.164. The van der Waals surface area contributed by atoms with Crippen molar-refractivity contribution in [3.8, 4) is 0 Å². The first-order valence-corrected chi connectivity index (χ1v) is 7.83. The molecule has 1 amide bonds. The molecule has 0 radical (unpaired) electrons. The third-order valence-electron chi connectivity index (χ3n) is 2.53. The number of nitro benzene ring substituents is 1. The van der Waals surface area contributed by atoms with Crippen molar-refractivity contribution < 1.29 is 9.72 Å². The van der Waals surface area contributed by atoms with E-state index in [1.165, 1.54) is 18.2 Å². The van der Waals surface area contributed by atoms with Crippen molar-refractivity contribution in [2.24, 2.45) is 0 Å². The number of benzene rings is 2. The number of non-ortho nitro benzene ring substituents is 1. The van der Waals surface area contributed by atoms with E-state index in [-0.39, 0.29) is 11.3 Å². The summed E-state index contributed by atoms with van der Waals surface area (Å²) in [6.07, 6.45) is 0. The molecule has 0 saturated carbocycles. The van der Waals surface area contributed by atoms with Crippen LogP contribution in [-0.2, 0) is 0 Å². The number of nitro groups is 1. The molecule has 0 aliphatic heterocycles. The van der Waals surface area contributed by atoms with E-state index < -0.39 is 10.8 Å². The zero-order chi connectivity index (χ0) is 15.6. The van der Waals surface area contributed by atoms with Gasteiger partial charge in [0, 0.05) is 25.7 Å². The molecule has 0 saturated heterocycles. The maximum atomic E-state index is 12.2. The van der Waals surface area contributed by atoms with Crippen LogP contribution in [0.3, 0.4) is 0 Å². The van der Waals surface area contributed by atoms with E-state index in [1.807, 2.05) is 0 Å². The molecule has 0 aliphatic carbocycles. The van der Waals surface area contributed by atoms with Crippen LogP contribution in [0, 0.1) is 13.7 Å². The van der Waals surface area contributed by atoms with E-state index in [9.17, 15) is 14.9 Å². The van der Waals surface area contributed by atoms with Gasteiger partial charge in [0.2, 0.25) is 0 Å². The zero-order valence-corrected chi connectivity index (χ0v) is 14.8. The summed E-state index contributed by atoms with van der Waals surface area (Å²) in [5.74, 6) is -0.470. The molecule has 108 valence electrons. The summed E-state index contributed by atoms with van der Waals surface area (Å²) in [5, 5.41) is 13.8. The number of amides is 1. The van der Waals surface area contributed by atoms with E-state index >= 15 is 0 Å². The van der Waals surface area contributed by atoms with Crippen LogP contribution < -0.4 is 5.32 Å². The molecule has 8 heteroatoms. The maximum Gasteiger partial charge on any atom is 0.271 e. The third kappa shape index (κ3) is 4.14. The number of nitrogens with zero attached hydrogens (tertiary/aromatic N) is 1. The number of carbonyl (C=O) groups is 1. The van der Waals surface area contributed by atoms with Crippen molar-refractivity contribution in [2.45, 2.75) is 0 Å². The van der Waals surface area contributed by atoms with Crippen LogP contribution in [0.5, 0.6) is 0 Å². The molecule has 0 aromatic heterocycles. The Morgan fingerprint density at radius 3 is 2.62 bits per heavy atom. The van der Waals surface area contributed by atoms with Crippen molar-refractivity contribution in [3.63, 3.8) is 0 Å². The molecule has 0 spiro atoms. The first-order valence-electron chi connectivity index (χ1n) is 5.58. The van der Waals surface area contributed by atoms with Gasteiger partial charge in [-0.2, -0.15) is 0 Å². The second-order valence-electron chi connectivity index (χ2n) is 4.03. The Kier molecular flexibility index (Phi) is 5.17. The number of rotatable bonds is 3. The van der Waals surface area contributed by atoms with Gasteiger partial charge in [-0.25, -0.2) is 0 Å². The number of nitrogens with one attached hydrogen (secondary N) is 1. The summed E-state index contributed by atoms with van der Waals surface area (Å²) >= 11 is 11.3. The number of halogens is 3. The molecule has 2 aromatic rings. The minimum Gasteiger partial charge on any atom is -0.321 e. The molecule has 1 N–H and O–H groups in total. The van der Waals surface area contributed by atoms with Crippen LogP contribution in [0.15, 0.2) is 40.9 Å². The lowest BCUT2D eigenvalue weighted by molar-refractivity contribution is -0.384. The van der Waals surface area contributed by atoms with Crippen LogP contribution in [0.25, 0.3) is 0 Å². The molecule has 0 unspecified atom stereocenters. The first-order chi connectivity index (χ1) is 9.86. The Labute approximate surface area is 147 Å². The summed E-state index contributed by atoms with van der Waals surface area (Å²) in [6.45, 7) is 0. The number of hydrogen-bond acceptors (Lipinski definition) is 3. The van der Waals surface area contributed by atoms with Gasteiger partial charge < -0.3 is 5.32 Å². The van der Waals surface area contributed by atoms with E-state index in [0.717, 1.165) is 3.57 Å². The maximum absolute atomic E-state index is 12.2. The van der Waals surface area contributed by atoms with Gasteiger partial charge in [0.1, 0.15) is 0 Å². The summed E-state index contributed by atoms with van der Waals surface area (Å²) in [6, 6.07) is 9.22. The van der Waals surface area contributed by atoms with Crippen molar-refractivity contribution in [1.29, 1.82) is 0 Å². The van der Waals surface area contributed by atoms with Crippen LogP contribution in [0.2, 0.25) is 5.02 Å². The average Bonchev–Trinajstić information content (AvgIpc) is 2.41. The van der Waals surface area contributed by atoms with E-state index in [0.29, 0.717) is 15.2 Å². The summed E-state index contributed by atoms with van der Waals surface area (Å²) in [7, 11) is 0. The lowest BCUT2D eigenvalue weighted by atomic mass is 10.2. The van der Waals surface area contributed by atoms with Crippen molar-refractivity contribution in [3.05, 3.63) is 65.1 Å². The Hall–Kier alpha value is -1.19. The van der Waals surface area contributed by atoms with Gasteiger partial charge in [-0.3, -0.25) is 14.9 Å². The van der Waals surface area contributed by atoms with Gasteiger partial charge in [0.05, 0.1) is 15.6 Å². The molecule has 2 aromatic carbocycles. The standard InChI is InChI=1S/C13H7BrClIN2O3/c14-8-3-7(4-10(5-8)18(20)21)13(19)17-12-2-1-9(16)6-11(12)15/h1-6H,(H,17,19). The topological polar surface area (TPSA) is 72.2 Å². The molecule has 21 heavy (non-hydrogen) atoms. The number of anilines is 1. The van der Waals surface area contributed by atoms with Crippen LogP contribution in [-0.4, -0.2) is 10.8 Å². The molecule has 0 heterocycles. The molecular weight excluding hydrogens is 474 g/mol. The Morgan fingerprint density at radius 1 is 1.29 bits per heavy atom. The highest BCUT2D eigenvalue weighted by Gasteiger charge is 2.15. The van der Waals surface area contributed by atoms with Crippen LogP contribution in [0.4, 0.5) is 11.4 Å². The lowest BCUT2D eigenvalue weighted by Gasteiger charge is -2.08. The summed E-state index contributed by atoms with van der Waals surface area (Å²) in [5.41, 5.74) is 0.457. The van der Waals surface area contributed by atoms with Gasteiger partial charge in [0.15, 0.2) is 0 Å². The predicted molar refractivity (Wildman–Crippen MR) is 92.9 cm³/mol. The second kappa shape index (κ2) is 6.71. The quantitative estimate of drug-likeness (QED) is 0.386. The smallest absolute Gasteiger partial charge is 0.271 e. The van der Waals surface area contributed by atoms with Crippen LogP contribution in [0.1, 0.15) is 10.4 Å². The highest BCUT2D eigenvalue weighted by Crippen LogP contribution is 2.26. The SMILES string of the molecule is O=C(Nc1ccc(I)cc1Cl)c1cc(Br)cc([N+](=O)[O-])c1. The minimum atomic E-state index is -0.556. The fourth-order valence-electron chi connectivity index (χ4n) is 1.60. The molecule has 5 nitrogen and oxygen atoms in total. The predicted octanol–water partition coefficient (Wildman–Crippen LogP) is 4.87. The zero-order valence-electron chi connectivity index (χ0n) is 10.3. The van der Waals surface area contributed by atoms with Crippen molar-refractivity contribution in [2.75, 3.05) is 5.32 Å². The van der Waals surface area contributed by atoms with E-state index in [4.69, 9.17) is 11.6 Å². The van der Waals surface area contributed by atoms with Crippen LogP contribution >= 0.6 is 50.1 Å². The highest BCUT2D eigenvalue weighted by atomic mass is 127. The first kappa shape index (κ1) is 16.2. The average molecular weight is 481 g/mol. The van der Waals surface area contributed by atoms with Gasteiger partial charge in [-0.1, -0.05) is 27.5 Å². The Balaban J connectivity index is 2.30. The Bertz CT molecular complexity index is 739. The summed E-state index contributed by atoms with van der Waals surface area (Å²) in [4.78, 5) is 22.4. The van der Waals surface area contributed by atoms with Gasteiger partial charge in [0.25, 0.3) is 11.6 Å². The molecule has 0 atom stereocenters. The number of hydrogen-bond donors (Lipinski definition) is 1. The molecule has 2 rings (SSSR count). The summed E-state index contributed by atoms with van der Waals surface area (Å²) < 4.78 is 1.39. The van der Waals surface area contributed by atoms with E-state index in [2.05, 4.69) is 43.8 Å². The second-order valence-corrected chi connectivity index (χ2v) is 6.60. The van der Waals surface area contributed by atoms with Gasteiger partial charge >= 0.3 is 0 Å². The van der Waals surface area contributed by atoms with Gasteiger partial charge in [-0.05, 0) is 46.9 Å². The normalized spacial score (nSPS) is 10.2. The molecule has 0 bridgehead atoms. The van der Waals surface area contributed by atoms with E-state index in [1.54, 1.807) is 18.2 Å².